The van der Waals surface area contributed by atoms with Crippen molar-refractivity contribution in [2.24, 2.45) is 5.92 Å². The van der Waals surface area contributed by atoms with Crippen LogP contribution in [0.3, 0.4) is 0 Å². The summed E-state index contributed by atoms with van der Waals surface area (Å²) in [6.07, 6.45) is 1.90. The van der Waals surface area contributed by atoms with Crippen molar-refractivity contribution in [3.8, 4) is 5.88 Å². The third kappa shape index (κ3) is 5.73. The van der Waals surface area contributed by atoms with Gasteiger partial charge in [0.1, 0.15) is 11.7 Å². The zero-order chi connectivity index (χ0) is 21.9. The highest BCUT2D eigenvalue weighted by atomic mass is 16.6. The van der Waals surface area contributed by atoms with Crippen LogP contribution >= 0.6 is 0 Å². The van der Waals surface area contributed by atoms with E-state index in [1.165, 1.54) is 0 Å². The van der Waals surface area contributed by atoms with Gasteiger partial charge in [0, 0.05) is 46.2 Å². The van der Waals surface area contributed by atoms with Crippen LogP contribution in [-0.2, 0) is 9.53 Å². The summed E-state index contributed by atoms with van der Waals surface area (Å²) in [5, 5.41) is 8.23. The summed E-state index contributed by atoms with van der Waals surface area (Å²) in [4.78, 5) is 30.8. The maximum Gasteiger partial charge on any atom is 0.410 e. The van der Waals surface area contributed by atoms with E-state index in [1.54, 1.807) is 11.0 Å². The van der Waals surface area contributed by atoms with Gasteiger partial charge in [0.25, 0.3) is 0 Å². The Morgan fingerprint density at radius 1 is 1.07 bits per heavy atom. The van der Waals surface area contributed by atoms with E-state index >= 15 is 0 Å². The Balaban J connectivity index is 1.51. The first-order chi connectivity index (χ1) is 14.1. The van der Waals surface area contributed by atoms with Crippen molar-refractivity contribution >= 4 is 17.8 Å². The molecule has 9 heteroatoms. The Labute approximate surface area is 178 Å². The average Bonchev–Trinajstić information content (AvgIpc) is 3.15. The average molecular weight is 420 g/mol. The molecule has 0 bridgehead atoms. The van der Waals surface area contributed by atoms with Gasteiger partial charge in [-0.3, -0.25) is 4.79 Å². The highest BCUT2D eigenvalue weighted by Gasteiger charge is 2.36. The molecule has 1 aromatic heterocycles. The number of likely N-dealkylation sites (tertiary alicyclic amines) is 2. The van der Waals surface area contributed by atoms with E-state index in [9.17, 15) is 9.59 Å². The molecular weight excluding hydrogens is 386 g/mol. The van der Waals surface area contributed by atoms with Gasteiger partial charge in [0.05, 0.1) is 12.5 Å². The van der Waals surface area contributed by atoms with Crippen molar-refractivity contribution in [3.05, 3.63) is 12.1 Å². The number of nitrogens with zero attached hydrogens (tertiary/aromatic N) is 5. The monoisotopic (exact) mass is 419 g/mol. The lowest BCUT2D eigenvalue weighted by molar-refractivity contribution is -0.136. The van der Waals surface area contributed by atoms with Crippen LogP contribution in [0.2, 0.25) is 0 Å². The van der Waals surface area contributed by atoms with Crippen molar-refractivity contribution in [1.29, 1.82) is 0 Å². The topological polar surface area (TPSA) is 88.1 Å². The number of anilines is 1. The Hall–Kier alpha value is -2.58. The van der Waals surface area contributed by atoms with E-state index in [0.717, 1.165) is 25.1 Å². The number of hydrogen-bond donors (Lipinski definition) is 0. The fraction of sp³-hybridized carbons (Fsp3) is 0.714. The summed E-state index contributed by atoms with van der Waals surface area (Å²) in [6.45, 7) is 7.76. The largest absolute Gasteiger partial charge is 0.471 e. The molecule has 2 aliphatic rings. The molecule has 2 fully saturated rings. The minimum absolute atomic E-state index is 0.0865. The van der Waals surface area contributed by atoms with Crippen LogP contribution in [0.4, 0.5) is 10.6 Å². The van der Waals surface area contributed by atoms with Gasteiger partial charge in [-0.2, -0.15) is 0 Å². The molecule has 3 heterocycles. The fourth-order valence-electron chi connectivity index (χ4n) is 3.74. The second-order valence-corrected chi connectivity index (χ2v) is 9.20. The van der Waals surface area contributed by atoms with Crippen molar-refractivity contribution < 1.29 is 19.1 Å². The molecule has 2 unspecified atom stereocenters. The lowest BCUT2D eigenvalue weighted by Crippen LogP contribution is -2.47. The molecule has 2 atom stereocenters. The van der Waals surface area contributed by atoms with Gasteiger partial charge in [-0.25, -0.2) is 4.79 Å². The van der Waals surface area contributed by atoms with Gasteiger partial charge in [-0.15, -0.1) is 10.2 Å². The molecule has 2 amide bonds. The molecule has 0 radical (unpaired) electrons. The number of hydrogen-bond acceptors (Lipinski definition) is 7. The summed E-state index contributed by atoms with van der Waals surface area (Å²) < 4.78 is 11.4. The highest BCUT2D eigenvalue weighted by molar-refractivity contribution is 5.80. The van der Waals surface area contributed by atoms with Gasteiger partial charge >= 0.3 is 6.09 Å². The lowest BCUT2D eigenvalue weighted by atomic mass is 9.97. The van der Waals surface area contributed by atoms with Crippen LogP contribution in [0, 0.1) is 5.92 Å². The van der Waals surface area contributed by atoms with Crippen molar-refractivity contribution in [1.82, 2.24) is 20.0 Å². The Bertz CT molecular complexity index is 747. The van der Waals surface area contributed by atoms with Crippen LogP contribution in [0.15, 0.2) is 12.1 Å². The smallest absolute Gasteiger partial charge is 0.410 e. The normalized spacial score (nSPS) is 22.0. The number of ether oxygens (including phenoxy) is 2. The first kappa shape index (κ1) is 22.1. The number of aromatic nitrogens is 2. The molecule has 30 heavy (non-hydrogen) atoms. The molecular formula is C21H33N5O4. The number of rotatable bonds is 4. The van der Waals surface area contributed by atoms with E-state index in [-0.39, 0.29) is 24.0 Å². The lowest BCUT2D eigenvalue weighted by Gasteiger charge is -2.35. The zero-order valence-electron chi connectivity index (χ0n) is 18.6. The number of carbonyl (C=O) groups excluding carboxylic acids is 2. The van der Waals surface area contributed by atoms with Crippen LogP contribution in [0.5, 0.6) is 5.88 Å². The number of amides is 2. The third-order valence-corrected chi connectivity index (χ3v) is 5.25. The van der Waals surface area contributed by atoms with Crippen LogP contribution in [-0.4, -0.2) is 84.0 Å². The molecule has 0 spiro atoms. The third-order valence-electron chi connectivity index (χ3n) is 5.25. The van der Waals surface area contributed by atoms with Gasteiger partial charge in [0.15, 0.2) is 5.82 Å². The van der Waals surface area contributed by atoms with E-state index in [1.807, 2.05) is 50.7 Å². The van der Waals surface area contributed by atoms with E-state index in [0.29, 0.717) is 32.1 Å². The summed E-state index contributed by atoms with van der Waals surface area (Å²) >= 11 is 0. The molecule has 1 aromatic rings. The van der Waals surface area contributed by atoms with Gasteiger partial charge in [-0.05, 0) is 39.7 Å². The zero-order valence-corrected chi connectivity index (χ0v) is 18.6. The second-order valence-electron chi connectivity index (χ2n) is 9.20. The van der Waals surface area contributed by atoms with Crippen LogP contribution < -0.4 is 9.64 Å². The summed E-state index contributed by atoms with van der Waals surface area (Å²) in [6, 6.07) is 3.65. The van der Waals surface area contributed by atoms with Gasteiger partial charge in [-0.1, -0.05) is 0 Å². The van der Waals surface area contributed by atoms with Crippen molar-refractivity contribution in [2.45, 2.75) is 51.7 Å². The quantitative estimate of drug-likeness (QED) is 0.739. The molecule has 0 aliphatic carbocycles. The molecule has 2 aliphatic heterocycles. The van der Waals surface area contributed by atoms with Crippen molar-refractivity contribution in [3.63, 3.8) is 0 Å². The van der Waals surface area contributed by atoms with Gasteiger partial charge < -0.3 is 24.2 Å². The molecule has 2 saturated heterocycles. The minimum Gasteiger partial charge on any atom is -0.471 e. The standard InChI is InChI=1S/C21H33N5O4/c1-21(2,3)30-20(28)26-11-6-7-15(13-26)19(27)25-12-10-16(14-25)29-18-9-8-17(22-23-18)24(4)5/h8-9,15-16H,6-7,10-14H2,1-5H3. The molecule has 166 valence electrons. The predicted molar refractivity (Wildman–Crippen MR) is 113 cm³/mol. The van der Waals surface area contributed by atoms with E-state index in [4.69, 9.17) is 9.47 Å². The summed E-state index contributed by atoms with van der Waals surface area (Å²) in [5.41, 5.74) is -0.540. The number of carbonyl (C=O) groups is 2. The first-order valence-electron chi connectivity index (χ1n) is 10.6. The van der Waals surface area contributed by atoms with E-state index < -0.39 is 5.60 Å². The van der Waals surface area contributed by atoms with Crippen LogP contribution in [0.1, 0.15) is 40.0 Å². The Morgan fingerprint density at radius 3 is 2.47 bits per heavy atom. The maximum atomic E-state index is 13.0. The predicted octanol–water partition coefficient (Wildman–Crippen LogP) is 2.17. The Kier molecular flexibility index (Phi) is 6.67. The molecule has 0 N–H and O–H groups in total. The van der Waals surface area contributed by atoms with Crippen LogP contribution in [0.25, 0.3) is 0 Å². The highest BCUT2D eigenvalue weighted by Crippen LogP contribution is 2.24. The fourth-order valence-corrected chi connectivity index (χ4v) is 3.74. The second kappa shape index (κ2) is 9.06. The first-order valence-corrected chi connectivity index (χ1v) is 10.6. The number of piperidine rings is 1. The molecule has 9 nitrogen and oxygen atoms in total. The van der Waals surface area contributed by atoms with E-state index in [2.05, 4.69) is 10.2 Å². The Morgan fingerprint density at radius 2 is 1.83 bits per heavy atom. The SMILES string of the molecule is CN(C)c1ccc(OC2CCN(C(=O)C3CCCN(C(=O)OC(C)(C)C)C3)C2)nn1. The molecule has 0 saturated carbocycles. The maximum absolute atomic E-state index is 13.0. The van der Waals surface area contributed by atoms with Crippen molar-refractivity contribution in [2.75, 3.05) is 45.2 Å². The minimum atomic E-state index is -0.540. The molecule has 0 aromatic carbocycles. The molecule has 3 rings (SSSR count). The summed E-state index contributed by atoms with van der Waals surface area (Å²) in [7, 11) is 3.81. The summed E-state index contributed by atoms with van der Waals surface area (Å²) in [5.74, 6) is 1.12. The van der Waals surface area contributed by atoms with Gasteiger partial charge in [0.2, 0.25) is 11.8 Å².